The Kier molecular flexibility index (Phi) is 13.1. The molecule has 0 aliphatic heterocycles. The van der Waals surface area contributed by atoms with Crippen molar-refractivity contribution in [2.75, 3.05) is 0 Å². The molecule has 1 saturated carbocycles. The van der Waals surface area contributed by atoms with E-state index in [1.165, 1.54) is 71.0 Å². The van der Waals surface area contributed by atoms with Gasteiger partial charge in [-0.2, -0.15) is 0 Å². The predicted molar refractivity (Wildman–Crippen MR) is 250 cm³/mol. The van der Waals surface area contributed by atoms with Gasteiger partial charge < -0.3 is 9.40 Å². The number of pyridine rings is 2. The molecular formula is C54H62GeIrN2O-2. The zero-order valence-electron chi connectivity index (χ0n) is 39.0. The molecule has 1 aliphatic carbocycles. The Labute approximate surface area is 373 Å². The zero-order valence-corrected chi connectivity index (χ0v) is 41.5. The van der Waals surface area contributed by atoms with Crippen LogP contribution in [0.2, 0.25) is 17.3 Å². The largest absolute Gasteiger partial charge is 0 e. The van der Waals surface area contributed by atoms with Gasteiger partial charge in [0, 0.05) is 31.7 Å². The van der Waals surface area contributed by atoms with Crippen molar-refractivity contribution in [3.05, 3.63) is 137 Å². The van der Waals surface area contributed by atoms with Gasteiger partial charge in [-0.25, -0.2) is 0 Å². The molecule has 0 spiro atoms. The zero-order chi connectivity index (χ0) is 43.1. The summed E-state index contributed by atoms with van der Waals surface area (Å²) in [5.41, 5.74) is 15.2. The summed E-state index contributed by atoms with van der Waals surface area (Å²) in [6.45, 7) is 17.0. The molecule has 59 heavy (non-hydrogen) atoms. The van der Waals surface area contributed by atoms with Crippen molar-refractivity contribution >= 4 is 39.6 Å². The number of aromatic nitrogens is 2. The van der Waals surface area contributed by atoms with E-state index in [2.05, 4.69) is 118 Å². The van der Waals surface area contributed by atoms with Crippen LogP contribution in [0, 0.1) is 44.2 Å². The van der Waals surface area contributed by atoms with Crippen LogP contribution in [-0.4, -0.2) is 23.2 Å². The van der Waals surface area contributed by atoms with Gasteiger partial charge >= 0.3 is 135 Å². The van der Waals surface area contributed by atoms with Gasteiger partial charge in [-0.05, 0) is 89.7 Å². The number of hydrogen-bond donors (Lipinski definition) is 0. The molecular weight excluding hydrogens is 957 g/mol. The molecule has 1 radical (unpaired) electrons. The van der Waals surface area contributed by atoms with Gasteiger partial charge in [-0.15, -0.1) is 23.8 Å². The van der Waals surface area contributed by atoms with Gasteiger partial charge in [-0.3, -0.25) is 0 Å². The average molecular weight is 1020 g/mol. The first-order valence-corrected chi connectivity index (χ1v) is 28.6. The van der Waals surface area contributed by atoms with Gasteiger partial charge in [0.05, 0.1) is 5.58 Å². The molecule has 1 fully saturated rings. The van der Waals surface area contributed by atoms with Crippen LogP contribution in [0.1, 0.15) is 102 Å². The number of hydrogen-bond acceptors (Lipinski definition) is 3. The summed E-state index contributed by atoms with van der Waals surface area (Å²) >= 11 is -2.24. The summed E-state index contributed by atoms with van der Waals surface area (Å²) in [6.07, 6.45) is 9.25. The van der Waals surface area contributed by atoms with Crippen LogP contribution in [-0.2, 0) is 32.9 Å². The first-order valence-electron chi connectivity index (χ1n) is 22.3. The Bertz CT molecular complexity index is 2650. The second kappa shape index (κ2) is 18.4. The van der Waals surface area contributed by atoms with E-state index in [4.69, 9.17) is 12.1 Å². The van der Waals surface area contributed by atoms with Crippen LogP contribution in [0.15, 0.2) is 95.7 Å². The molecule has 3 aromatic heterocycles. The average Bonchev–Trinajstić information content (AvgIpc) is 3.86. The van der Waals surface area contributed by atoms with Crippen LogP contribution in [0.5, 0.6) is 0 Å². The summed E-state index contributed by atoms with van der Waals surface area (Å²) in [7, 11) is 0. The molecule has 0 atom stereocenters. The number of benzene rings is 4. The summed E-state index contributed by atoms with van der Waals surface area (Å²) in [6, 6.07) is 33.9. The van der Waals surface area contributed by atoms with E-state index in [0.717, 1.165) is 60.3 Å². The van der Waals surface area contributed by atoms with Gasteiger partial charge in [0.15, 0.2) is 0 Å². The minimum absolute atomic E-state index is 0. The molecule has 5 heteroatoms. The topological polar surface area (TPSA) is 38.9 Å². The minimum atomic E-state index is -2.24. The monoisotopic (exact) mass is 1020 g/mol. The third kappa shape index (κ3) is 10.4. The smallest absolute Gasteiger partial charge is 0 e. The van der Waals surface area contributed by atoms with Gasteiger partial charge in [0.1, 0.15) is 5.58 Å². The van der Waals surface area contributed by atoms with Crippen molar-refractivity contribution in [1.29, 1.82) is 0 Å². The number of rotatable bonds is 8. The van der Waals surface area contributed by atoms with E-state index in [9.17, 15) is 0 Å². The van der Waals surface area contributed by atoms with Crippen molar-refractivity contribution in [2.45, 2.75) is 117 Å². The fourth-order valence-corrected chi connectivity index (χ4v) is 11.5. The second-order valence-electron chi connectivity index (χ2n) is 18.9. The second-order valence-corrected chi connectivity index (χ2v) is 29.5. The summed E-state index contributed by atoms with van der Waals surface area (Å²) in [5.74, 6) is 8.15. The molecule has 0 unspecified atom stereocenters. The first kappa shape index (κ1) is 41.9. The maximum Gasteiger partial charge on any atom is 0 e. The Hall–Kier alpha value is -3.83. The first-order chi connectivity index (χ1) is 28.3. The Morgan fingerprint density at radius 2 is 1.49 bits per heavy atom. The van der Waals surface area contributed by atoms with E-state index in [1.54, 1.807) is 0 Å². The molecule has 0 bridgehead atoms. The number of nitrogens with zero attached hydrogens (tertiary/aromatic N) is 2. The van der Waals surface area contributed by atoms with Crippen LogP contribution in [0.3, 0.4) is 0 Å². The number of fused-ring (bicyclic) bond motifs is 3. The summed E-state index contributed by atoms with van der Waals surface area (Å²) in [4.78, 5) is 9.52. The number of aryl methyl sites for hydroxylation is 2. The maximum absolute atomic E-state index is 8.76. The third-order valence-corrected chi connectivity index (χ3v) is 16.0. The summed E-state index contributed by atoms with van der Waals surface area (Å²) in [5, 5.41) is 2.27. The van der Waals surface area contributed by atoms with Crippen molar-refractivity contribution in [3.63, 3.8) is 0 Å². The third-order valence-electron chi connectivity index (χ3n) is 11.7. The van der Waals surface area contributed by atoms with E-state index in [-0.39, 0.29) is 20.1 Å². The van der Waals surface area contributed by atoms with Gasteiger partial charge in [0.2, 0.25) is 0 Å². The van der Waals surface area contributed by atoms with Crippen LogP contribution in [0.25, 0.3) is 55.6 Å². The Morgan fingerprint density at radius 1 is 0.797 bits per heavy atom. The van der Waals surface area contributed by atoms with Crippen LogP contribution < -0.4 is 4.40 Å². The summed E-state index contributed by atoms with van der Waals surface area (Å²) < 4.78 is 25.0. The fourth-order valence-electron chi connectivity index (χ4n) is 8.56. The molecule has 7 aromatic rings. The van der Waals surface area contributed by atoms with Crippen molar-refractivity contribution < 1.29 is 27.3 Å². The molecule has 3 heterocycles. The molecule has 0 saturated heterocycles. The molecule has 0 amide bonds. The van der Waals surface area contributed by atoms with Crippen molar-refractivity contribution in [2.24, 2.45) is 11.3 Å². The van der Waals surface area contributed by atoms with Crippen LogP contribution >= 0.6 is 0 Å². The van der Waals surface area contributed by atoms with Crippen molar-refractivity contribution in [1.82, 2.24) is 9.97 Å². The normalized spacial score (nSPS) is 14.2. The number of furan rings is 1. The van der Waals surface area contributed by atoms with Gasteiger partial charge in [0.25, 0.3) is 0 Å². The molecule has 8 rings (SSSR count). The molecule has 0 N–H and O–H groups in total. The maximum atomic E-state index is 8.76. The minimum Gasteiger partial charge on any atom is 0 e. The fraction of sp³-hybridized carbons (Fsp3) is 0.370. The standard InChI is InChI=1S/C35H36NO.C19H26GeN.Ir/c1-21(2)31-20-36-32(18-28(31)16-25-8-6-7-9-25)26-13-15-33-30(17-26)29-14-12-27(19-34(29)37-33)35-23(4)11-10-22(3)24(35)5;1-19(2,3)13-16-12-18(15-10-8-7-9-11-15)21-14-17(16)20(4,5)6;/h10-12,14-15,17-21,25H,6-9,16H2,1-5H3;7-10,12,14H,13H2,1-6H3;/q2*-1;/i;13D2;. The van der Waals surface area contributed by atoms with E-state index in [0.29, 0.717) is 5.92 Å². The van der Waals surface area contributed by atoms with Crippen LogP contribution in [0.4, 0.5) is 0 Å². The SMILES string of the molecule is Cc1ccc(C)c(-c2ccc3c(c2)oc2c[c-]c(-c4cc(CC5CCCC5)c(C(C)C)cn4)cc23)c1C.[2H]C([2H])(c1cc(-c2[c-]cccc2)nc[c]1[Ge]([CH3])([CH3])[CH3])C(C)(C)C.[Ir]. The van der Waals surface area contributed by atoms with E-state index in [1.807, 2.05) is 63.4 Å². The molecule has 4 aromatic carbocycles. The Balaban J connectivity index is 0.000000225. The quantitative estimate of drug-likeness (QED) is 0.112. The predicted octanol–water partition coefficient (Wildman–Crippen LogP) is 14.6. The van der Waals surface area contributed by atoms with E-state index >= 15 is 0 Å². The van der Waals surface area contributed by atoms with E-state index < -0.39 is 25.1 Å². The van der Waals surface area contributed by atoms with Crippen molar-refractivity contribution in [3.8, 4) is 33.6 Å². The molecule has 1 aliphatic rings. The van der Waals surface area contributed by atoms with Gasteiger partial charge in [-0.1, -0.05) is 75.2 Å². The molecule has 3 nitrogen and oxygen atoms in total. The molecule has 309 valence electrons. The Morgan fingerprint density at radius 3 is 2.17 bits per heavy atom.